The molecule has 7 rings (SSSR count). The van der Waals surface area contributed by atoms with Crippen LogP contribution < -0.4 is 4.74 Å². The molecular weight excluding hydrogens is 298 g/mol. The van der Waals surface area contributed by atoms with Crippen molar-refractivity contribution in [3.63, 3.8) is 0 Å². The molecule has 4 nitrogen and oxygen atoms in total. The first-order chi connectivity index (χ1) is 11.8. The Bertz CT molecular complexity index is 830. The maximum atomic E-state index is 6.38. The van der Waals surface area contributed by atoms with Crippen LogP contribution in [0.4, 0.5) is 0 Å². The first kappa shape index (κ1) is 12.7. The van der Waals surface area contributed by atoms with Gasteiger partial charge < -0.3 is 4.74 Å². The van der Waals surface area contributed by atoms with Gasteiger partial charge in [-0.1, -0.05) is 0 Å². The monoisotopic (exact) mass is 321 g/mol. The van der Waals surface area contributed by atoms with Crippen LogP contribution in [0.15, 0.2) is 18.6 Å². The number of nitrogens with zero attached hydrogens (tertiary/aromatic N) is 3. The smallest absolute Gasteiger partial charge is 0.164 e. The lowest BCUT2D eigenvalue weighted by Gasteiger charge is -2.15. The zero-order valence-electron chi connectivity index (χ0n) is 13.9. The average Bonchev–Trinajstić information content (AvgIpc) is 3.55. The highest BCUT2D eigenvalue weighted by Crippen LogP contribution is 2.87. The minimum Gasteiger partial charge on any atom is -0.493 e. The minimum atomic E-state index is 0.688. The van der Waals surface area contributed by atoms with Crippen LogP contribution in [0.25, 0.3) is 5.65 Å². The Kier molecular flexibility index (Phi) is 2.11. The lowest BCUT2D eigenvalue weighted by Crippen LogP contribution is -2.11. The molecule has 4 atom stereocenters. The third kappa shape index (κ3) is 1.55. The molecule has 0 bridgehead atoms. The van der Waals surface area contributed by atoms with E-state index in [1.54, 1.807) is 19.2 Å². The van der Waals surface area contributed by atoms with Crippen LogP contribution in [-0.4, -0.2) is 21.2 Å². The van der Waals surface area contributed by atoms with Crippen molar-refractivity contribution in [3.8, 4) is 5.75 Å². The summed E-state index contributed by atoms with van der Waals surface area (Å²) in [6.07, 6.45) is 12.6. The maximum absolute atomic E-state index is 6.38. The molecule has 5 fully saturated rings. The van der Waals surface area contributed by atoms with Crippen LogP contribution in [-0.2, 0) is 0 Å². The first-order valence-corrected chi connectivity index (χ1v) is 9.78. The van der Waals surface area contributed by atoms with Crippen molar-refractivity contribution in [3.05, 3.63) is 24.2 Å². The van der Waals surface area contributed by atoms with Gasteiger partial charge in [0.2, 0.25) is 0 Å². The third-order valence-electron chi connectivity index (χ3n) is 8.07. The summed E-state index contributed by atoms with van der Waals surface area (Å²) in [5.74, 6) is 6.88. The van der Waals surface area contributed by atoms with Gasteiger partial charge in [0, 0.05) is 17.8 Å². The highest BCUT2D eigenvalue weighted by Gasteiger charge is 2.80. The Labute approximate surface area is 141 Å². The zero-order valence-corrected chi connectivity index (χ0v) is 13.9. The van der Waals surface area contributed by atoms with Gasteiger partial charge in [0.15, 0.2) is 5.65 Å². The molecule has 0 aliphatic heterocycles. The molecule has 5 saturated carbocycles. The quantitative estimate of drug-likeness (QED) is 0.862. The fraction of sp³-hybridized carbons (Fsp3) is 0.700. The van der Waals surface area contributed by atoms with E-state index >= 15 is 0 Å². The van der Waals surface area contributed by atoms with Gasteiger partial charge in [0.1, 0.15) is 12.1 Å². The molecule has 124 valence electrons. The van der Waals surface area contributed by atoms with Crippen LogP contribution >= 0.6 is 0 Å². The molecule has 24 heavy (non-hydrogen) atoms. The topological polar surface area (TPSA) is 39.4 Å². The molecule has 0 radical (unpaired) electrons. The molecule has 2 heterocycles. The van der Waals surface area contributed by atoms with Gasteiger partial charge in [-0.25, -0.2) is 0 Å². The van der Waals surface area contributed by atoms with E-state index in [1.807, 2.05) is 4.40 Å². The lowest BCUT2D eigenvalue weighted by atomic mass is 9.92. The highest BCUT2D eigenvalue weighted by molar-refractivity contribution is 5.49. The highest BCUT2D eigenvalue weighted by atomic mass is 16.5. The summed E-state index contributed by atoms with van der Waals surface area (Å²) in [6.45, 7) is 0.906. The average molecular weight is 321 g/mol. The van der Waals surface area contributed by atoms with Gasteiger partial charge in [0.25, 0.3) is 0 Å². The van der Waals surface area contributed by atoms with Gasteiger partial charge in [-0.05, 0) is 79.4 Å². The molecule has 5 aliphatic rings. The molecule has 4 heteroatoms. The van der Waals surface area contributed by atoms with E-state index in [0.29, 0.717) is 5.92 Å². The van der Waals surface area contributed by atoms with Crippen LogP contribution in [0.5, 0.6) is 5.75 Å². The van der Waals surface area contributed by atoms with Gasteiger partial charge in [0.05, 0.1) is 6.61 Å². The van der Waals surface area contributed by atoms with E-state index in [4.69, 9.17) is 4.74 Å². The predicted octanol–water partition coefficient (Wildman–Crippen LogP) is 3.67. The molecule has 0 N–H and O–H groups in total. The summed E-state index contributed by atoms with van der Waals surface area (Å²) in [5, 5.41) is 8.21. The standard InChI is InChI=1S/C20H23N3O/c1-2-12(1)15-8-23-10-21-22-19(23)5-18(15)24-9-11-3-13-14(4-11)17-7-20(17)6-16(13)20/h5,8,10-14,16-17H,1-4,6-7,9H2. The summed E-state index contributed by atoms with van der Waals surface area (Å²) in [5.41, 5.74) is 3.17. The second-order valence-corrected chi connectivity index (χ2v) is 9.29. The fourth-order valence-corrected chi connectivity index (χ4v) is 6.70. The van der Waals surface area contributed by atoms with Crippen molar-refractivity contribution in [2.45, 2.75) is 44.4 Å². The number of fused-ring (bicyclic) bond motifs is 4. The molecule has 4 unspecified atom stereocenters. The van der Waals surface area contributed by atoms with Crippen molar-refractivity contribution in [2.75, 3.05) is 6.61 Å². The molecule has 1 spiro atoms. The Morgan fingerprint density at radius 1 is 1.17 bits per heavy atom. The lowest BCUT2D eigenvalue weighted by molar-refractivity contribution is 0.241. The van der Waals surface area contributed by atoms with E-state index < -0.39 is 0 Å². The normalized spacial score (nSPS) is 44.2. The van der Waals surface area contributed by atoms with Gasteiger partial charge >= 0.3 is 0 Å². The van der Waals surface area contributed by atoms with E-state index in [0.717, 1.165) is 53.0 Å². The zero-order chi connectivity index (χ0) is 15.5. The third-order valence-corrected chi connectivity index (χ3v) is 8.07. The Morgan fingerprint density at radius 2 is 1.96 bits per heavy atom. The number of pyridine rings is 1. The number of ether oxygens (including phenoxy) is 1. The number of hydrogen-bond donors (Lipinski definition) is 0. The molecule has 2 aromatic rings. The Balaban J connectivity index is 1.12. The predicted molar refractivity (Wildman–Crippen MR) is 88.8 cm³/mol. The minimum absolute atomic E-state index is 0.688. The molecule has 0 aromatic carbocycles. The van der Waals surface area contributed by atoms with E-state index in [2.05, 4.69) is 22.5 Å². The van der Waals surface area contributed by atoms with Crippen molar-refractivity contribution < 1.29 is 4.74 Å². The van der Waals surface area contributed by atoms with Crippen LogP contribution in [0.2, 0.25) is 0 Å². The maximum Gasteiger partial charge on any atom is 0.164 e. The van der Waals surface area contributed by atoms with Gasteiger partial charge in [-0.15, -0.1) is 10.2 Å². The summed E-state index contributed by atoms with van der Waals surface area (Å²) >= 11 is 0. The van der Waals surface area contributed by atoms with Crippen molar-refractivity contribution in [1.29, 1.82) is 0 Å². The first-order valence-electron chi connectivity index (χ1n) is 9.78. The largest absolute Gasteiger partial charge is 0.493 e. The van der Waals surface area contributed by atoms with E-state index in [9.17, 15) is 0 Å². The summed E-state index contributed by atoms with van der Waals surface area (Å²) < 4.78 is 8.41. The summed E-state index contributed by atoms with van der Waals surface area (Å²) in [4.78, 5) is 0. The van der Waals surface area contributed by atoms with E-state index in [-0.39, 0.29) is 0 Å². The van der Waals surface area contributed by atoms with Crippen LogP contribution in [0.1, 0.15) is 50.0 Å². The SMILES string of the molecule is c1c(OCC2CC3C(C2)C2CC24CC34)c(C2CC2)cn2cnnc12. The second-order valence-electron chi connectivity index (χ2n) is 9.29. The number of rotatable bonds is 4. The Morgan fingerprint density at radius 3 is 2.71 bits per heavy atom. The molecule has 2 aromatic heterocycles. The van der Waals surface area contributed by atoms with Crippen molar-refractivity contribution >= 4 is 5.65 Å². The fourth-order valence-electron chi connectivity index (χ4n) is 6.70. The summed E-state index contributed by atoms with van der Waals surface area (Å²) in [6, 6.07) is 2.10. The van der Waals surface area contributed by atoms with Crippen molar-refractivity contribution in [1.82, 2.24) is 14.6 Å². The number of hydrogen-bond acceptors (Lipinski definition) is 3. The van der Waals surface area contributed by atoms with Crippen LogP contribution in [0.3, 0.4) is 0 Å². The van der Waals surface area contributed by atoms with E-state index in [1.165, 1.54) is 31.2 Å². The van der Waals surface area contributed by atoms with Gasteiger partial charge in [-0.3, -0.25) is 4.40 Å². The van der Waals surface area contributed by atoms with Gasteiger partial charge in [-0.2, -0.15) is 0 Å². The number of aromatic nitrogens is 3. The molecule has 0 saturated heterocycles. The van der Waals surface area contributed by atoms with Crippen molar-refractivity contribution in [2.24, 2.45) is 35.0 Å². The summed E-state index contributed by atoms with van der Waals surface area (Å²) in [7, 11) is 0. The second kappa shape index (κ2) is 3.97. The molecular formula is C20H23N3O. The molecule has 0 amide bonds. The van der Waals surface area contributed by atoms with Crippen LogP contribution in [0, 0.1) is 35.0 Å². The Hall–Kier alpha value is -1.58. The molecule has 5 aliphatic carbocycles.